The lowest BCUT2D eigenvalue weighted by Gasteiger charge is -2.73. The van der Waals surface area contributed by atoms with Gasteiger partial charge in [0.1, 0.15) is 35.8 Å². The minimum Gasteiger partial charge on any atom is -0.469 e. The quantitative estimate of drug-likeness (QED) is 0.106. The molecule has 14 fully saturated rings. The molecule has 83 heavy (non-hydrogen) atoms. The van der Waals surface area contributed by atoms with Crippen molar-refractivity contribution in [1.82, 2.24) is 10.2 Å². The van der Waals surface area contributed by atoms with Crippen molar-refractivity contribution in [3.63, 3.8) is 0 Å². The van der Waals surface area contributed by atoms with Crippen LogP contribution in [0.4, 0.5) is 0 Å². The number of epoxide rings is 1. The topological polar surface area (TPSA) is 181 Å². The summed E-state index contributed by atoms with van der Waals surface area (Å²) in [6, 6.07) is 13.2. The van der Waals surface area contributed by atoms with Crippen LogP contribution in [0.25, 0.3) is 0 Å². The Bertz CT molecular complexity index is 3130. The number of rotatable bonds is 9. The molecule has 1 aromatic carbocycles. The van der Waals surface area contributed by atoms with Crippen LogP contribution in [0.15, 0.2) is 71.0 Å². The second kappa shape index (κ2) is 17.3. The number of aliphatic hydroxyl groups is 3. The Hall–Kier alpha value is -3.85. The molecule has 444 valence electrons. The number of allylic oxidation sites excluding steroid dienone is 1. The van der Waals surface area contributed by atoms with Crippen molar-refractivity contribution >= 4 is 17.7 Å². The van der Waals surface area contributed by atoms with Crippen LogP contribution < -0.4 is 5.32 Å². The Balaban J connectivity index is 0.833. The highest BCUT2D eigenvalue weighted by Gasteiger charge is 2.99. The Labute approximate surface area is 488 Å². The molecule has 13 heteroatoms. The Morgan fingerprint density at radius 1 is 0.867 bits per heavy atom. The summed E-state index contributed by atoms with van der Waals surface area (Å²) < 4.78 is 36.6. The van der Waals surface area contributed by atoms with Gasteiger partial charge in [0.25, 0.3) is 0 Å². The highest BCUT2D eigenvalue weighted by molar-refractivity contribution is 5.94. The zero-order valence-electron chi connectivity index (χ0n) is 49.0. The van der Waals surface area contributed by atoms with Crippen LogP contribution in [0.1, 0.15) is 165 Å². The third-order valence-corrected chi connectivity index (χ3v) is 29.4. The van der Waals surface area contributed by atoms with Gasteiger partial charge in [-0.15, -0.1) is 0 Å². The molecule has 2 aromatic rings. The SMILES string of the molecule is C[C@@]12C[C@H]3C[C@]45[C@H](CC[C@]46CCC4(CCCC4)C6)CC4=CC[C@]6(C)O[C@]47[C@H]5C(=O)OC[C@]74[C@@H]3[C@@]([C@H]3CCC[C@@H](Cc5ccccc5)C3)([C@H](O)C(=O)[C@@H]46)[C@]13O[C@@H]3C(=O)O[C@H]2c1ccoc1C[C@@H]([C@H]1CC[C@H]2[C@H](C=CN3CNC[C@H]23)C1)[C@H](O)CO. The summed E-state index contributed by atoms with van der Waals surface area (Å²) in [6.45, 7) is 5.96. The minimum atomic E-state index is -1.49. The summed E-state index contributed by atoms with van der Waals surface area (Å²) in [7, 11) is 0. The zero-order chi connectivity index (χ0) is 56.1. The van der Waals surface area contributed by atoms with Gasteiger partial charge in [0.2, 0.25) is 0 Å². The number of carbonyl (C=O) groups excluding carboxylic acids is 3. The molecule has 13 nitrogen and oxygen atoms in total. The van der Waals surface area contributed by atoms with Crippen LogP contribution in [-0.4, -0.2) is 106 Å². The lowest BCUT2D eigenvalue weighted by molar-refractivity contribution is -0.301. The van der Waals surface area contributed by atoms with Gasteiger partial charge in [0, 0.05) is 35.4 Å². The first-order valence-electron chi connectivity index (χ1n) is 33.4. The molecule has 8 heterocycles. The van der Waals surface area contributed by atoms with Gasteiger partial charge >= 0.3 is 11.9 Å². The number of hydrogen-bond donors (Lipinski definition) is 4. The zero-order valence-corrected chi connectivity index (χ0v) is 49.0. The molecule has 5 bridgehead atoms. The molecule has 16 aliphatic rings. The lowest BCUT2D eigenvalue weighted by atomic mass is 9.30. The third kappa shape index (κ3) is 6.07. The summed E-state index contributed by atoms with van der Waals surface area (Å²) in [4.78, 5) is 51.2. The summed E-state index contributed by atoms with van der Waals surface area (Å²) in [5.41, 5.74) is -3.86. The maximum Gasteiger partial charge on any atom is 0.339 e. The van der Waals surface area contributed by atoms with Crippen LogP contribution in [0, 0.1) is 97.6 Å². The number of ketones is 1. The van der Waals surface area contributed by atoms with Crippen molar-refractivity contribution < 1.29 is 53.1 Å². The largest absolute Gasteiger partial charge is 0.469 e. The summed E-state index contributed by atoms with van der Waals surface area (Å²) >= 11 is 0. The number of ether oxygens (including phenoxy) is 4. The van der Waals surface area contributed by atoms with Crippen molar-refractivity contribution in [3.05, 3.63) is 83.5 Å². The van der Waals surface area contributed by atoms with E-state index in [1.54, 1.807) is 6.26 Å². The van der Waals surface area contributed by atoms with Crippen LogP contribution in [0.3, 0.4) is 0 Å². The first kappa shape index (κ1) is 52.3. The van der Waals surface area contributed by atoms with E-state index in [0.717, 1.165) is 109 Å². The molecule has 6 spiro atoms. The normalized spacial score (nSPS) is 51.9. The molecule has 0 radical (unpaired) electrons. The molecule has 24 atom stereocenters. The molecule has 9 aliphatic carbocycles. The number of fused-ring (bicyclic) bond motifs is 5. The van der Waals surface area contributed by atoms with Crippen molar-refractivity contribution in [3.8, 4) is 0 Å². The van der Waals surface area contributed by atoms with Crippen molar-refractivity contribution in [2.45, 2.75) is 202 Å². The third-order valence-electron chi connectivity index (χ3n) is 29.4. The number of nitrogens with one attached hydrogen (secondary N) is 1. The number of hydrogen-bond acceptors (Lipinski definition) is 13. The summed E-state index contributed by atoms with van der Waals surface area (Å²) in [5.74, 6) is -1.07. The average Bonchev–Trinajstić information content (AvgIpc) is 1.51. The molecule has 0 unspecified atom stereocenters. The maximum absolute atomic E-state index is 17.0. The summed E-state index contributed by atoms with van der Waals surface area (Å²) in [6.07, 6.45) is 25.3. The fourth-order valence-corrected chi connectivity index (χ4v) is 27.2. The molecule has 0 amide bonds. The average molecular weight is 1130 g/mol. The number of nitrogens with zero attached hydrogens (tertiary/aromatic N) is 1. The van der Waals surface area contributed by atoms with E-state index in [1.165, 1.54) is 43.2 Å². The van der Waals surface area contributed by atoms with Gasteiger partial charge in [-0.25, -0.2) is 4.79 Å². The van der Waals surface area contributed by atoms with E-state index in [4.69, 9.17) is 23.4 Å². The molecule has 7 aliphatic heterocycles. The highest BCUT2D eigenvalue weighted by atomic mass is 16.7. The number of furan rings is 1. The number of aliphatic hydroxyl groups excluding tert-OH is 3. The number of cyclic esters (lactones) is 2. The predicted molar refractivity (Wildman–Crippen MR) is 303 cm³/mol. The number of benzene rings is 1. The van der Waals surface area contributed by atoms with E-state index in [2.05, 4.69) is 72.7 Å². The van der Waals surface area contributed by atoms with Gasteiger partial charge in [-0.2, -0.15) is 0 Å². The standard InChI is InChI=1S/C70H88N2O11/c1-62-32-43-33-66-44(16-22-65(66)24-23-64(36-65)19-6-7-20-64)30-46-15-21-63(2)55-53(75)57(76)68(45-12-8-11-40(28-45)27-39-9-4-3-5-10-39,54(43)67(55)37-80-60(77)56(66)69(46,67)83-63)70(62)59(82-70)61(78)81-58(62)48-18-26-79-52(48)31-49(51(74)35-73)41-13-14-47-42(29-41)17-25-72-38-71-34-50(47)72/h3-5,9-10,15,17-18,25-26,40-45,47,49-51,54-59,71,73-74,76H,6-8,11-14,16,19-24,27-38H2,1-2H3/t40-,41-,42+,43-,44+,45-,47-,49-,50+,51+,54+,55+,56-,57+,58-,59+,62-,63-,65+,66+,67+,68-,69-,70+/m0/s1. The highest BCUT2D eigenvalue weighted by Crippen LogP contribution is 2.92. The molecular formula is C70H88N2O11. The fraction of sp³-hybridized carbons (Fsp3) is 0.757. The molecule has 5 saturated heterocycles. The van der Waals surface area contributed by atoms with Crippen molar-refractivity contribution in [2.75, 3.05) is 26.4 Å². The Morgan fingerprint density at radius 2 is 1.72 bits per heavy atom. The van der Waals surface area contributed by atoms with Crippen molar-refractivity contribution in [1.29, 1.82) is 0 Å². The van der Waals surface area contributed by atoms with E-state index in [1.807, 2.05) is 6.07 Å². The van der Waals surface area contributed by atoms with Crippen LogP contribution >= 0.6 is 0 Å². The van der Waals surface area contributed by atoms with E-state index in [-0.39, 0.29) is 71.3 Å². The lowest BCUT2D eigenvalue weighted by Crippen LogP contribution is -2.82. The molecule has 4 N–H and O–H groups in total. The van der Waals surface area contributed by atoms with Crippen molar-refractivity contribution in [2.24, 2.45) is 97.6 Å². The first-order valence-corrected chi connectivity index (χ1v) is 33.4. The van der Waals surface area contributed by atoms with Gasteiger partial charge in [-0.05, 0) is 209 Å². The Kier molecular flexibility index (Phi) is 10.9. The number of esters is 2. The number of Topliss-reactive ketones (excluding diaryl/α,β-unsaturated/α-hetero) is 1. The van der Waals surface area contributed by atoms with Gasteiger partial charge in [-0.3, -0.25) is 14.9 Å². The van der Waals surface area contributed by atoms with Gasteiger partial charge in [-0.1, -0.05) is 75.1 Å². The van der Waals surface area contributed by atoms with E-state index in [0.29, 0.717) is 42.9 Å². The Morgan fingerprint density at radius 3 is 2.57 bits per heavy atom. The fourth-order valence-electron chi connectivity index (χ4n) is 27.2. The summed E-state index contributed by atoms with van der Waals surface area (Å²) in [5, 5.41) is 41.0. The number of carbonyl (C=O) groups is 3. The maximum atomic E-state index is 17.0. The molecular weight excluding hydrogens is 1040 g/mol. The second-order valence-corrected chi connectivity index (χ2v) is 31.9. The van der Waals surface area contributed by atoms with Crippen LogP contribution in [-0.2, 0) is 46.2 Å². The second-order valence-electron chi connectivity index (χ2n) is 31.9. The molecule has 1 aromatic heterocycles. The molecule has 18 rings (SSSR count). The van der Waals surface area contributed by atoms with Crippen LogP contribution in [0.2, 0.25) is 0 Å². The minimum absolute atomic E-state index is 0.0549. The van der Waals surface area contributed by atoms with E-state index in [9.17, 15) is 15.3 Å². The van der Waals surface area contributed by atoms with Gasteiger partial charge in [0.15, 0.2) is 11.9 Å². The van der Waals surface area contributed by atoms with Crippen LogP contribution in [0.5, 0.6) is 0 Å². The molecule has 9 saturated carbocycles. The van der Waals surface area contributed by atoms with Gasteiger partial charge in [0.05, 0.1) is 48.5 Å². The van der Waals surface area contributed by atoms with E-state index < -0.39 is 86.6 Å². The van der Waals surface area contributed by atoms with Gasteiger partial charge < -0.3 is 43.6 Å². The predicted octanol–water partition coefficient (Wildman–Crippen LogP) is 9.51. The monoisotopic (exact) mass is 1130 g/mol. The first-order chi connectivity index (χ1) is 40.2. The smallest absolute Gasteiger partial charge is 0.339 e. The van der Waals surface area contributed by atoms with E-state index >= 15 is 14.4 Å².